The molecule has 1 aromatic rings. The van der Waals surface area contributed by atoms with Gasteiger partial charge in [-0.3, -0.25) is 4.79 Å². The van der Waals surface area contributed by atoms with E-state index >= 15 is 0 Å². The number of aliphatic carboxylic acids is 1. The molecule has 1 N–H and O–H groups in total. The van der Waals surface area contributed by atoms with Gasteiger partial charge in [-0.1, -0.05) is 31.5 Å². The van der Waals surface area contributed by atoms with Gasteiger partial charge >= 0.3 is 5.97 Å². The van der Waals surface area contributed by atoms with Crippen LogP contribution in [0.4, 0.5) is 0 Å². The molecule has 0 amide bonds. The largest absolute Gasteiger partial charge is 0.481 e. The molecule has 2 nitrogen and oxygen atoms in total. The molecule has 17 heavy (non-hydrogen) atoms. The average molecular weight is 232 g/mol. The Morgan fingerprint density at radius 1 is 1.29 bits per heavy atom. The number of fused-ring (bicyclic) bond motifs is 1. The lowest BCUT2D eigenvalue weighted by molar-refractivity contribution is -0.139. The summed E-state index contributed by atoms with van der Waals surface area (Å²) in [7, 11) is 0. The van der Waals surface area contributed by atoms with Crippen molar-refractivity contribution in [2.24, 2.45) is 0 Å². The van der Waals surface area contributed by atoms with Crippen LogP contribution in [-0.4, -0.2) is 11.1 Å². The topological polar surface area (TPSA) is 37.3 Å². The minimum Gasteiger partial charge on any atom is -0.481 e. The molecule has 0 heterocycles. The smallest absolute Gasteiger partial charge is 0.310 e. The minimum atomic E-state index is -0.692. The Balaban J connectivity index is 2.28. The molecule has 1 unspecified atom stereocenters. The Labute approximate surface area is 103 Å². The van der Waals surface area contributed by atoms with Crippen LogP contribution in [-0.2, 0) is 17.6 Å². The molecule has 0 fully saturated rings. The maximum absolute atomic E-state index is 11.3. The van der Waals surface area contributed by atoms with Gasteiger partial charge in [-0.05, 0) is 48.8 Å². The van der Waals surface area contributed by atoms with Crippen LogP contribution < -0.4 is 0 Å². The molecule has 0 bridgehead atoms. The normalized spacial score (nSPS) is 16.3. The van der Waals surface area contributed by atoms with E-state index in [1.807, 2.05) is 13.0 Å². The highest BCUT2D eigenvalue weighted by atomic mass is 16.4. The fourth-order valence-electron chi connectivity index (χ4n) is 2.69. The molecule has 0 aromatic heterocycles. The number of carboxylic acid groups (broad SMARTS) is 1. The van der Waals surface area contributed by atoms with E-state index < -0.39 is 5.97 Å². The predicted molar refractivity (Wildman–Crippen MR) is 68.4 cm³/mol. The second kappa shape index (κ2) is 5.35. The molecule has 0 radical (unpaired) electrons. The van der Waals surface area contributed by atoms with Crippen molar-refractivity contribution < 1.29 is 9.90 Å². The first-order valence-corrected chi connectivity index (χ1v) is 6.57. The van der Waals surface area contributed by atoms with E-state index in [1.54, 1.807) is 0 Å². The van der Waals surface area contributed by atoms with Gasteiger partial charge < -0.3 is 5.11 Å². The quantitative estimate of drug-likeness (QED) is 0.862. The Morgan fingerprint density at radius 2 is 2.00 bits per heavy atom. The van der Waals surface area contributed by atoms with Crippen molar-refractivity contribution in [3.63, 3.8) is 0 Å². The van der Waals surface area contributed by atoms with Gasteiger partial charge in [0.15, 0.2) is 0 Å². The lowest BCUT2D eigenvalue weighted by Crippen LogP contribution is -2.13. The van der Waals surface area contributed by atoms with Crippen molar-refractivity contribution >= 4 is 5.97 Å². The summed E-state index contributed by atoms with van der Waals surface area (Å²) >= 11 is 0. The van der Waals surface area contributed by atoms with Crippen molar-refractivity contribution in [2.45, 2.75) is 51.4 Å². The number of hydrogen-bond acceptors (Lipinski definition) is 1. The van der Waals surface area contributed by atoms with E-state index in [4.69, 9.17) is 0 Å². The summed E-state index contributed by atoms with van der Waals surface area (Å²) in [6.07, 6.45) is 6.41. The van der Waals surface area contributed by atoms with Gasteiger partial charge in [0.1, 0.15) is 0 Å². The molecule has 1 atom stereocenters. The first-order chi connectivity index (χ1) is 8.22. The second-order valence-electron chi connectivity index (χ2n) is 4.91. The second-order valence-corrected chi connectivity index (χ2v) is 4.91. The molecule has 2 rings (SSSR count). The van der Waals surface area contributed by atoms with Crippen LogP contribution >= 0.6 is 0 Å². The Bertz CT molecular complexity index is 409. The van der Waals surface area contributed by atoms with Crippen LogP contribution in [0.2, 0.25) is 0 Å². The van der Waals surface area contributed by atoms with Crippen LogP contribution in [0, 0.1) is 0 Å². The van der Waals surface area contributed by atoms with E-state index in [-0.39, 0.29) is 5.92 Å². The molecule has 92 valence electrons. The highest BCUT2D eigenvalue weighted by Gasteiger charge is 2.20. The van der Waals surface area contributed by atoms with Gasteiger partial charge in [0.25, 0.3) is 0 Å². The van der Waals surface area contributed by atoms with E-state index in [2.05, 4.69) is 12.1 Å². The number of hydrogen-bond donors (Lipinski definition) is 1. The Kier molecular flexibility index (Phi) is 3.82. The van der Waals surface area contributed by atoms with Crippen molar-refractivity contribution in [3.05, 3.63) is 34.9 Å². The summed E-state index contributed by atoms with van der Waals surface area (Å²) in [5, 5.41) is 9.26. The third-order valence-corrected chi connectivity index (χ3v) is 3.65. The Hall–Kier alpha value is -1.31. The fourth-order valence-corrected chi connectivity index (χ4v) is 2.69. The van der Waals surface area contributed by atoms with Gasteiger partial charge in [-0.25, -0.2) is 0 Å². The summed E-state index contributed by atoms with van der Waals surface area (Å²) in [5.74, 6) is -1.02. The lowest BCUT2D eigenvalue weighted by Gasteiger charge is -2.19. The van der Waals surface area contributed by atoms with Crippen molar-refractivity contribution in [1.29, 1.82) is 0 Å². The zero-order valence-electron chi connectivity index (χ0n) is 10.4. The zero-order chi connectivity index (χ0) is 12.3. The number of carbonyl (C=O) groups is 1. The first kappa shape index (κ1) is 12.2. The monoisotopic (exact) mass is 232 g/mol. The molecule has 0 saturated carbocycles. The molecular weight excluding hydrogens is 212 g/mol. The van der Waals surface area contributed by atoms with Gasteiger partial charge in [0.2, 0.25) is 0 Å². The predicted octanol–water partition coefficient (Wildman–Crippen LogP) is 3.53. The van der Waals surface area contributed by atoms with E-state index in [9.17, 15) is 9.90 Å². The van der Waals surface area contributed by atoms with Crippen molar-refractivity contribution in [3.8, 4) is 0 Å². The summed E-state index contributed by atoms with van der Waals surface area (Å²) in [5.41, 5.74) is 3.77. The van der Waals surface area contributed by atoms with E-state index in [1.165, 1.54) is 24.0 Å². The highest BCUT2D eigenvalue weighted by molar-refractivity contribution is 5.76. The van der Waals surface area contributed by atoms with Gasteiger partial charge in [0.05, 0.1) is 5.92 Å². The van der Waals surface area contributed by atoms with Crippen LogP contribution in [0.3, 0.4) is 0 Å². The van der Waals surface area contributed by atoms with Crippen LogP contribution in [0.25, 0.3) is 0 Å². The van der Waals surface area contributed by atoms with Gasteiger partial charge in [-0.15, -0.1) is 0 Å². The molecule has 2 heteroatoms. The third kappa shape index (κ3) is 2.68. The fraction of sp³-hybridized carbons (Fsp3) is 0.533. The highest BCUT2D eigenvalue weighted by Crippen LogP contribution is 2.27. The number of rotatable bonds is 4. The van der Waals surface area contributed by atoms with Crippen LogP contribution in [0.1, 0.15) is 55.2 Å². The minimum absolute atomic E-state index is 0.327. The third-order valence-electron chi connectivity index (χ3n) is 3.65. The average Bonchev–Trinajstić information content (AvgIpc) is 2.35. The summed E-state index contributed by atoms with van der Waals surface area (Å²) in [4.78, 5) is 11.3. The van der Waals surface area contributed by atoms with Crippen molar-refractivity contribution in [1.82, 2.24) is 0 Å². The number of aryl methyl sites for hydroxylation is 2. The summed E-state index contributed by atoms with van der Waals surface area (Å²) < 4.78 is 0. The van der Waals surface area contributed by atoms with Gasteiger partial charge in [-0.2, -0.15) is 0 Å². The lowest BCUT2D eigenvalue weighted by atomic mass is 9.86. The SMILES string of the molecule is CCCC(C(=O)O)c1ccc2c(c1)CCCC2. The molecule has 0 saturated heterocycles. The number of benzene rings is 1. The van der Waals surface area contributed by atoms with Crippen molar-refractivity contribution in [2.75, 3.05) is 0 Å². The molecule has 0 spiro atoms. The van der Waals surface area contributed by atoms with Gasteiger partial charge in [0, 0.05) is 0 Å². The maximum Gasteiger partial charge on any atom is 0.310 e. The molecule has 1 aliphatic rings. The standard InChI is InChI=1S/C15H20O2/c1-2-5-14(15(16)17)13-9-8-11-6-3-4-7-12(11)10-13/h8-10,14H,2-7H2,1H3,(H,16,17). The zero-order valence-corrected chi connectivity index (χ0v) is 10.4. The molecular formula is C15H20O2. The first-order valence-electron chi connectivity index (χ1n) is 6.57. The summed E-state index contributed by atoms with van der Waals surface area (Å²) in [6.45, 7) is 2.04. The van der Waals surface area contributed by atoms with Crippen LogP contribution in [0.15, 0.2) is 18.2 Å². The Morgan fingerprint density at radius 3 is 2.65 bits per heavy atom. The molecule has 1 aliphatic carbocycles. The molecule has 0 aliphatic heterocycles. The maximum atomic E-state index is 11.3. The molecule has 1 aromatic carbocycles. The summed E-state index contributed by atoms with van der Waals surface area (Å²) in [6, 6.07) is 6.27. The van der Waals surface area contributed by atoms with E-state index in [0.29, 0.717) is 0 Å². The number of carboxylic acids is 1. The van der Waals surface area contributed by atoms with Crippen LogP contribution in [0.5, 0.6) is 0 Å². The van der Waals surface area contributed by atoms with E-state index in [0.717, 1.165) is 31.2 Å².